The molecule has 158 valence electrons. The Bertz CT molecular complexity index is 1010. The molecule has 0 saturated heterocycles. The van der Waals surface area contributed by atoms with Crippen molar-refractivity contribution in [2.75, 3.05) is 0 Å². The molecule has 0 fully saturated rings. The molecule has 3 aromatic carbocycles. The van der Waals surface area contributed by atoms with Crippen LogP contribution in [-0.4, -0.2) is 0 Å². The maximum atomic E-state index is 2.33. The van der Waals surface area contributed by atoms with E-state index in [0.29, 0.717) is 0 Å². The van der Waals surface area contributed by atoms with Gasteiger partial charge in [0, 0.05) is 0 Å². The van der Waals surface area contributed by atoms with Gasteiger partial charge in [-0.3, -0.25) is 0 Å². The summed E-state index contributed by atoms with van der Waals surface area (Å²) in [5.41, 5.74) is 22.6. The molecule has 0 aliphatic rings. The lowest BCUT2D eigenvalue weighted by molar-refractivity contribution is 1.18. The Labute approximate surface area is 184 Å². The van der Waals surface area contributed by atoms with Crippen LogP contribution in [0.15, 0.2) is 12.1 Å². The molecule has 0 N–H and O–H groups in total. The fraction of sp³-hybridized carbons (Fsp3) is 0.400. The van der Waals surface area contributed by atoms with E-state index in [0.717, 1.165) is 0 Å². The zero-order valence-corrected chi connectivity index (χ0v) is 21.2. The summed E-state index contributed by atoms with van der Waals surface area (Å²) in [6, 6.07) is 4.66. The lowest BCUT2D eigenvalue weighted by Crippen LogP contribution is -2.06. The largest absolute Gasteiger partial charge is 0.0558 e. The lowest BCUT2D eigenvalue weighted by Gasteiger charge is -2.27. The van der Waals surface area contributed by atoms with E-state index in [1.165, 1.54) is 89.0 Å². The van der Waals surface area contributed by atoms with Crippen molar-refractivity contribution in [3.8, 4) is 22.3 Å². The predicted molar refractivity (Wildman–Crippen MR) is 134 cm³/mol. The van der Waals surface area contributed by atoms with Gasteiger partial charge in [-0.1, -0.05) is 12.1 Å². The zero-order chi connectivity index (χ0) is 22.7. The summed E-state index contributed by atoms with van der Waals surface area (Å²) in [5, 5.41) is 0. The van der Waals surface area contributed by atoms with E-state index in [-0.39, 0.29) is 0 Å². The third-order valence-corrected chi connectivity index (χ3v) is 7.86. The van der Waals surface area contributed by atoms with E-state index in [9.17, 15) is 0 Å². The first-order valence-electron chi connectivity index (χ1n) is 11.2. The first kappa shape index (κ1) is 22.3. The lowest BCUT2D eigenvalue weighted by atomic mass is 9.78. The molecule has 30 heavy (non-hydrogen) atoms. The molecule has 0 heterocycles. The fourth-order valence-electron chi connectivity index (χ4n) is 5.25. The molecule has 0 aromatic heterocycles. The van der Waals surface area contributed by atoms with Gasteiger partial charge < -0.3 is 0 Å². The molecule has 0 unspecified atom stereocenters. The molecular weight excluding hydrogens is 360 g/mol. The van der Waals surface area contributed by atoms with Crippen LogP contribution in [0.4, 0.5) is 0 Å². The first-order chi connectivity index (χ1) is 13.9. The molecular formula is C30H38. The molecule has 0 saturated carbocycles. The normalized spacial score (nSPS) is 11.3. The number of hydrogen-bond donors (Lipinski definition) is 0. The van der Waals surface area contributed by atoms with Crippen molar-refractivity contribution in [1.82, 2.24) is 0 Å². The molecule has 0 heteroatoms. The van der Waals surface area contributed by atoms with Gasteiger partial charge in [-0.25, -0.2) is 0 Å². The molecule has 3 rings (SSSR count). The number of benzene rings is 3. The summed E-state index contributed by atoms with van der Waals surface area (Å²) in [7, 11) is 0. The Kier molecular flexibility index (Phi) is 5.76. The molecule has 0 nitrogen and oxygen atoms in total. The van der Waals surface area contributed by atoms with Crippen molar-refractivity contribution in [2.45, 2.75) is 83.1 Å². The molecule has 0 amide bonds. The second kappa shape index (κ2) is 7.73. The molecule has 0 spiro atoms. The van der Waals surface area contributed by atoms with Crippen LogP contribution in [-0.2, 0) is 0 Å². The van der Waals surface area contributed by atoms with Gasteiger partial charge in [0.25, 0.3) is 0 Å². The molecule has 0 aliphatic heterocycles. The maximum absolute atomic E-state index is 2.33. The molecule has 0 radical (unpaired) electrons. The predicted octanol–water partition coefficient (Wildman–Crippen LogP) is 8.72. The van der Waals surface area contributed by atoms with Crippen molar-refractivity contribution in [1.29, 1.82) is 0 Å². The van der Waals surface area contributed by atoms with Gasteiger partial charge in [0.2, 0.25) is 0 Å². The topological polar surface area (TPSA) is 0 Å². The maximum Gasteiger partial charge on any atom is -0.0114 e. The number of hydrogen-bond acceptors (Lipinski definition) is 0. The minimum atomic E-state index is 1.38. The second-order valence-electron chi connectivity index (χ2n) is 9.52. The van der Waals surface area contributed by atoms with Crippen LogP contribution in [0.3, 0.4) is 0 Å². The zero-order valence-electron chi connectivity index (χ0n) is 21.2. The minimum absolute atomic E-state index is 1.38. The molecule has 0 atom stereocenters. The number of rotatable bonds is 2. The SMILES string of the molecule is Cc1cc(C)c(C)c(-c2c(C)c(C)c(-c3c(C)c(C)cc(C)c3C)c(C)c2C)c1C. The highest BCUT2D eigenvalue weighted by molar-refractivity contribution is 5.88. The summed E-state index contributed by atoms with van der Waals surface area (Å²) in [6.45, 7) is 27.4. The highest BCUT2D eigenvalue weighted by Gasteiger charge is 2.23. The fourth-order valence-corrected chi connectivity index (χ4v) is 5.25. The standard InChI is InChI=1S/C30H38/c1-15-13-16(2)20(6)27(19(15)5)29-23(9)25(11)30(26(12)24(29)10)28-21(7)17(3)14-18(4)22(28)8/h13-14H,1-12H3. The van der Waals surface area contributed by atoms with Gasteiger partial charge in [0.05, 0.1) is 0 Å². The van der Waals surface area contributed by atoms with Crippen LogP contribution in [0.2, 0.25) is 0 Å². The van der Waals surface area contributed by atoms with Crippen LogP contribution in [0.5, 0.6) is 0 Å². The van der Waals surface area contributed by atoms with Crippen LogP contribution in [0.1, 0.15) is 66.8 Å². The summed E-state index contributed by atoms with van der Waals surface area (Å²) in [4.78, 5) is 0. The van der Waals surface area contributed by atoms with E-state index in [2.05, 4.69) is 95.2 Å². The summed E-state index contributed by atoms with van der Waals surface area (Å²) < 4.78 is 0. The summed E-state index contributed by atoms with van der Waals surface area (Å²) in [5.74, 6) is 0. The van der Waals surface area contributed by atoms with Crippen molar-refractivity contribution in [3.05, 3.63) is 78.9 Å². The number of aryl methyl sites for hydroxylation is 4. The van der Waals surface area contributed by atoms with E-state index in [4.69, 9.17) is 0 Å². The Morgan fingerprint density at radius 2 is 0.433 bits per heavy atom. The summed E-state index contributed by atoms with van der Waals surface area (Å²) in [6.07, 6.45) is 0. The quantitative estimate of drug-likeness (QED) is 0.405. The third kappa shape index (κ3) is 3.22. The highest BCUT2D eigenvalue weighted by Crippen LogP contribution is 2.44. The Morgan fingerprint density at radius 1 is 0.267 bits per heavy atom. The first-order valence-corrected chi connectivity index (χ1v) is 11.2. The third-order valence-electron chi connectivity index (χ3n) is 7.86. The average Bonchev–Trinajstić information content (AvgIpc) is 2.68. The average molecular weight is 399 g/mol. The van der Waals surface area contributed by atoms with Gasteiger partial charge in [0.15, 0.2) is 0 Å². The van der Waals surface area contributed by atoms with E-state index >= 15 is 0 Å². The van der Waals surface area contributed by atoms with Crippen LogP contribution in [0.25, 0.3) is 22.3 Å². The summed E-state index contributed by atoms with van der Waals surface area (Å²) >= 11 is 0. The van der Waals surface area contributed by atoms with Crippen molar-refractivity contribution < 1.29 is 0 Å². The van der Waals surface area contributed by atoms with Crippen molar-refractivity contribution >= 4 is 0 Å². The highest BCUT2D eigenvalue weighted by atomic mass is 14.3. The second-order valence-corrected chi connectivity index (χ2v) is 9.52. The Hall–Kier alpha value is -2.34. The smallest absolute Gasteiger partial charge is 0.0114 e. The molecule has 3 aromatic rings. The van der Waals surface area contributed by atoms with Gasteiger partial charge in [-0.15, -0.1) is 0 Å². The van der Waals surface area contributed by atoms with E-state index in [1.54, 1.807) is 0 Å². The molecule has 0 aliphatic carbocycles. The molecule has 0 bridgehead atoms. The monoisotopic (exact) mass is 398 g/mol. The van der Waals surface area contributed by atoms with Gasteiger partial charge in [-0.05, 0) is 172 Å². The van der Waals surface area contributed by atoms with Crippen LogP contribution >= 0.6 is 0 Å². The van der Waals surface area contributed by atoms with Gasteiger partial charge in [0.1, 0.15) is 0 Å². The van der Waals surface area contributed by atoms with Gasteiger partial charge in [-0.2, -0.15) is 0 Å². The van der Waals surface area contributed by atoms with E-state index in [1.807, 2.05) is 0 Å². The Balaban J connectivity index is 2.49. The van der Waals surface area contributed by atoms with E-state index < -0.39 is 0 Å². The van der Waals surface area contributed by atoms with Crippen LogP contribution in [0, 0.1) is 83.1 Å². The van der Waals surface area contributed by atoms with Gasteiger partial charge >= 0.3 is 0 Å². The van der Waals surface area contributed by atoms with Crippen LogP contribution < -0.4 is 0 Å². The van der Waals surface area contributed by atoms with Crippen molar-refractivity contribution in [3.63, 3.8) is 0 Å². The Morgan fingerprint density at radius 3 is 0.633 bits per heavy atom. The van der Waals surface area contributed by atoms with Crippen molar-refractivity contribution in [2.24, 2.45) is 0 Å². The minimum Gasteiger partial charge on any atom is -0.0558 e.